The quantitative estimate of drug-likeness (QED) is 0.712. The standard InChI is InChI=1S/C15H17NO2/c1-2-3-4-7-10-17-15-12-8-5-6-9-13(12)18-14(15)11-16/h5-6,8-9H,2-4,7,10H2,1H3. The predicted octanol–water partition coefficient (Wildman–Crippen LogP) is 4.26. The molecule has 1 aromatic carbocycles. The highest BCUT2D eigenvalue weighted by Crippen LogP contribution is 2.32. The largest absolute Gasteiger partial charge is 0.488 e. The average Bonchev–Trinajstić information content (AvgIpc) is 2.77. The van der Waals surface area contributed by atoms with Crippen LogP contribution in [0, 0.1) is 11.3 Å². The zero-order valence-corrected chi connectivity index (χ0v) is 10.6. The van der Waals surface area contributed by atoms with E-state index in [1.54, 1.807) is 0 Å². The van der Waals surface area contributed by atoms with Gasteiger partial charge in [-0.05, 0) is 18.6 Å². The minimum atomic E-state index is 0.270. The Kier molecular flexibility index (Phi) is 4.25. The van der Waals surface area contributed by atoms with Crippen LogP contribution in [0.4, 0.5) is 0 Å². The molecule has 0 unspecified atom stereocenters. The van der Waals surface area contributed by atoms with Gasteiger partial charge < -0.3 is 9.15 Å². The van der Waals surface area contributed by atoms with Crippen molar-refractivity contribution < 1.29 is 9.15 Å². The third-order valence-corrected chi connectivity index (χ3v) is 2.90. The van der Waals surface area contributed by atoms with E-state index in [0.29, 0.717) is 17.9 Å². The van der Waals surface area contributed by atoms with E-state index in [1.807, 2.05) is 30.3 Å². The first-order chi connectivity index (χ1) is 8.86. The SMILES string of the molecule is CCCCCCOc1c(C#N)oc2ccccc12. The Bertz CT molecular complexity index is 551. The molecule has 1 aromatic heterocycles. The van der Waals surface area contributed by atoms with E-state index in [9.17, 15) is 0 Å². The number of hydrogen-bond acceptors (Lipinski definition) is 3. The second-order valence-electron chi connectivity index (χ2n) is 4.28. The number of rotatable bonds is 6. The van der Waals surface area contributed by atoms with Crippen molar-refractivity contribution in [1.82, 2.24) is 0 Å². The first-order valence-electron chi connectivity index (χ1n) is 6.41. The van der Waals surface area contributed by atoms with Crippen LogP contribution in [-0.2, 0) is 0 Å². The zero-order valence-electron chi connectivity index (χ0n) is 10.6. The summed E-state index contributed by atoms with van der Waals surface area (Å²) < 4.78 is 11.2. The zero-order chi connectivity index (χ0) is 12.8. The fourth-order valence-corrected chi connectivity index (χ4v) is 1.94. The third-order valence-electron chi connectivity index (χ3n) is 2.90. The lowest BCUT2D eigenvalue weighted by molar-refractivity contribution is 0.303. The maximum absolute atomic E-state index is 9.04. The third kappa shape index (κ3) is 2.65. The highest BCUT2D eigenvalue weighted by Gasteiger charge is 2.14. The fraction of sp³-hybridized carbons (Fsp3) is 0.400. The Labute approximate surface area is 107 Å². The van der Waals surface area contributed by atoms with E-state index < -0.39 is 0 Å². The van der Waals surface area contributed by atoms with Crippen molar-refractivity contribution in [3.05, 3.63) is 30.0 Å². The molecule has 0 N–H and O–H groups in total. The Balaban J connectivity index is 2.09. The minimum Gasteiger partial charge on any atom is -0.488 e. The summed E-state index contributed by atoms with van der Waals surface area (Å²) in [6.07, 6.45) is 4.60. The molecule has 0 aliphatic heterocycles. The lowest BCUT2D eigenvalue weighted by Crippen LogP contribution is -1.97. The Hall–Kier alpha value is -1.95. The van der Waals surface area contributed by atoms with Gasteiger partial charge in [-0.2, -0.15) is 5.26 Å². The maximum Gasteiger partial charge on any atom is 0.246 e. The Morgan fingerprint density at radius 3 is 2.83 bits per heavy atom. The number of ether oxygens (including phenoxy) is 1. The molecule has 0 amide bonds. The van der Waals surface area contributed by atoms with E-state index in [-0.39, 0.29) is 5.76 Å². The summed E-state index contributed by atoms with van der Waals surface area (Å²) in [5.74, 6) is 0.858. The van der Waals surface area contributed by atoms with Crippen LogP contribution in [0.25, 0.3) is 11.0 Å². The van der Waals surface area contributed by atoms with Gasteiger partial charge in [-0.15, -0.1) is 0 Å². The van der Waals surface area contributed by atoms with Gasteiger partial charge in [0.05, 0.1) is 12.0 Å². The molecule has 0 aliphatic rings. The first kappa shape index (κ1) is 12.5. The summed E-state index contributed by atoms with van der Waals surface area (Å²) in [6, 6.07) is 9.62. The topological polar surface area (TPSA) is 46.2 Å². The molecule has 0 bridgehead atoms. The van der Waals surface area contributed by atoms with Crippen molar-refractivity contribution >= 4 is 11.0 Å². The molecule has 1 heterocycles. The summed E-state index contributed by atoms with van der Waals surface area (Å²) >= 11 is 0. The number of benzene rings is 1. The second kappa shape index (κ2) is 6.11. The van der Waals surface area contributed by atoms with Crippen LogP contribution in [0.15, 0.2) is 28.7 Å². The highest BCUT2D eigenvalue weighted by atomic mass is 16.5. The molecule has 0 spiro atoms. The molecule has 0 saturated heterocycles. The smallest absolute Gasteiger partial charge is 0.246 e. The second-order valence-corrected chi connectivity index (χ2v) is 4.28. The van der Waals surface area contributed by atoms with Crippen LogP contribution in [-0.4, -0.2) is 6.61 Å². The predicted molar refractivity (Wildman–Crippen MR) is 70.6 cm³/mol. The van der Waals surface area contributed by atoms with Gasteiger partial charge in [-0.25, -0.2) is 0 Å². The Morgan fingerprint density at radius 1 is 1.22 bits per heavy atom. The molecule has 0 aliphatic carbocycles. The molecule has 94 valence electrons. The number of furan rings is 1. The molecule has 0 saturated carbocycles. The Morgan fingerprint density at radius 2 is 2.06 bits per heavy atom. The van der Waals surface area contributed by atoms with E-state index in [2.05, 4.69) is 6.92 Å². The molecule has 18 heavy (non-hydrogen) atoms. The van der Waals surface area contributed by atoms with Crippen LogP contribution < -0.4 is 4.74 Å². The molecule has 2 rings (SSSR count). The van der Waals surface area contributed by atoms with Crippen molar-refractivity contribution in [2.24, 2.45) is 0 Å². The van der Waals surface area contributed by atoms with Gasteiger partial charge in [0.1, 0.15) is 11.7 Å². The molecule has 0 atom stereocenters. The summed E-state index contributed by atoms with van der Waals surface area (Å²) in [6.45, 7) is 2.82. The number of nitrogens with zero attached hydrogens (tertiary/aromatic N) is 1. The highest BCUT2D eigenvalue weighted by molar-refractivity contribution is 5.86. The molecule has 3 nitrogen and oxygen atoms in total. The number of unbranched alkanes of at least 4 members (excludes halogenated alkanes) is 3. The van der Waals surface area contributed by atoms with E-state index >= 15 is 0 Å². The summed E-state index contributed by atoms with van der Waals surface area (Å²) in [4.78, 5) is 0. The van der Waals surface area contributed by atoms with Crippen LogP contribution in [0.5, 0.6) is 5.75 Å². The number of nitriles is 1. The van der Waals surface area contributed by atoms with Gasteiger partial charge in [0.15, 0.2) is 5.75 Å². The van der Waals surface area contributed by atoms with Gasteiger partial charge in [0.25, 0.3) is 0 Å². The van der Waals surface area contributed by atoms with E-state index in [4.69, 9.17) is 14.4 Å². The van der Waals surface area contributed by atoms with Gasteiger partial charge in [-0.1, -0.05) is 38.3 Å². The van der Waals surface area contributed by atoms with Gasteiger partial charge in [-0.3, -0.25) is 0 Å². The number of hydrogen-bond donors (Lipinski definition) is 0. The van der Waals surface area contributed by atoms with Crippen molar-refractivity contribution in [2.75, 3.05) is 6.61 Å². The molecular formula is C15H17NO2. The molecule has 0 radical (unpaired) electrons. The molecule has 2 aromatic rings. The maximum atomic E-state index is 9.04. The minimum absolute atomic E-state index is 0.270. The van der Waals surface area contributed by atoms with Crippen molar-refractivity contribution in [1.29, 1.82) is 5.26 Å². The van der Waals surface area contributed by atoms with E-state index in [0.717, 1.165) is 18.2 Å². The van der Waals surface area contributed by atoms with Crippen molar-refractivity contribution in [3.63, 3.8) is 0 Å². The summed E-state index contributed by atoms with van der Waals surface area (Å²) in [7, 11) is 0. The fourth-order valence-electron chi connectivity index (χ4n) is 1.94. The average molecular weight is 243 g/mol. The lowest BCUT2D eigenvalue weighted by atomic mass is 10.2. The van der Waals surface area contributed by atoms with Crippen molar-refractivity contribution in [3.8, 4) is 11.8 Å². The van der Waals surface area contributed by atoms with Crippen LogP contribution in [0.3, 0.4) is 0 Å². The number of para-hydroxylation sites is 1. The first-order valence-corrected chi connectivity index (χ1v) is 6.41. The normalized spacial score (nSPS) is 10.4. The summed E-state index contributed by atoms with van der Waals surface area (Å²) in [5.41, 5.74) is 0.706. The molecular weight excluding hydrogens is 226 g/mol. The van der Waals surface area contributed by atoms with Crippen LogP contribution in [0.2, 0.25) is 0 Å². The molecule has 3 heteroatoms. The van der Waals surface area contributed by atoms with Crippen molar-refractivity contribution in [2.45, 2.75) is 32.6 Å². The lowest BCUT2D eigenvalue weighted by Gasteiger charge is -2.04. The summed E-state index contributed by atoms with van der Waals surface area (Å²) in [5, 5.41) is 9.92. The van der Waals surface area contributed by atoms with Crippen LogP contribution >= 0.6 is 0 Å². The number of fused-ring (bicyclic) bond motifs is 1. The van der Waals surface area contributed by atoms with Gasteiger partial charge in [0, 0.05) is 0 Å². The monoisotopic (exact) mass is 243 g/mol. The van der Waals surface area contributed by atoms with Gasteiger partial charge in [0.2, 0.25) is 5.76 Å². The van der Waals surface area contributed by atoms with Crippen LogP contribution in [0.1, 0.15) is 38.4 Å². The van der Waals surface area contributed by atoms with Gasteiger partial charge >= 0.3 is 0 Å². The molecule has 0 fully saturated rings. The van der Waals surface area contributed by atoms with E-state index in [1.165, 1.54) is 12.8 Å².